The van der Waals surface area contributed by atoms with Gasteiger partial charge in [-0.2, -0.15) is 0 Å². The molecular weight excluding hydrogens is 301 g/mol. The lowest BCUT2D eigenvalue weighted by atomic mass is 9.92. The van der Waals surface area contributed by atoms with E-state index in [1.807, 2.05) is 4.90 Å². The van der Waals surface area contributed by atoms with Crippen LogP contribution in [0.1, 0.15) is 12.8 Å². The minimum absolute atomic E-state index is 0.118. The van der Waals surface area contributed by atoms with Gasteiger partial charge < -0.3 is 15.1 Å². The molecule has 1 aliphatic heterocycles. The molecule has 120 valence electrons. The van der Waals surface area contributed by atoms with Crippen molar-refractivity contribution in [3.63, 3.8) is 0 Å². The van der Waals surface area contributed by atoms with Crippen molar-refractivity contribution in [1.29, 1.82) is 0 Å². The molecule has 0 aliphatic carbocycles. The summed E-state index contributed by atoms with van der Waals surface area (Å²) in [6.07, 6.45) is 1.85. The Morgan fingerprint density at radius 1 is 1.17 bits per heavy atom. The summed E-state index contributed by atoms with van der Waals surface area (Å²) in [6.45, 7) is 0.714. The lowest BCUT2D eigenvalue weighted by Gasteiger charge is -2.35. The Hall–Kier alpha value is -2.54. The number of carbonyl (C=O) groups is 1. The first-order chi connectivity index (χ1) is 11.0. The Bertz CT molecular complexity index is 713. The van der Waals surface area contributed by atoms with Crippen molar-refractivity contribution in [2.24, 2.45) is 0 Å². The van der Waals surface area contributed by atoms with Gasteiger partial charge >= 0.3 is 5.97 Å². The highest BCUT2D eigenvalue weighted by Crippen LogP contribution is 2.26. The van der Waals surface area contributed by atoms with E-state index < -0.39 is 11.6 Å². The number of carboxylic acids is 1. The maximum Gasteiger partial charge on any atom is 0.335 e. The molecule has 1 aromatic carbocycles. The third-order valence-electron chi connectivity index (χ3n) is 4.05. The fourth-order valence-corrected chi connectivity index (χ4v) is 2.57. The van der Waals surface area contributed by atoms with Gasteiger partial charge in [0.2, 0.25) is 5.95 Å². The Kier molecular flexibility index (Phi) is 3.96. The van der Waals surface area contributed by atoms with E-state index in [1.165, 1.54) is 12.1 Å². The summed E-state index contributed by atoms with van der Waals surface area (Å²) in [6, 6.07) is 7.74. The number of rotatable bonds is 3. The van der Waals surface area contributed by atoms with Crippen LogP contribution in [0.2, 0.25) is 0 Å². The highest BCUT2D eigenvalue weighted by Gasteiger charge is 2.39. The van der Waals surface area contributed by atoms with Crippen molar-refractivity contribution in [3.05, 3.63) is 42.3 Å². The number of benzene rings is 1. The van der Waals surface area contributed by atoms with Crippen LogP contribution in [0.5, 0.6) is 0 Å². The van der Waals surface area contributed by atoms with Gasteiger partial charge in [0.1, 0.15) is 5.82 Å². The fraction of sp³-hybridized carbons (Fsp3) is 0.312. The maximum absolute atomic E-state index is 13.0. The van der Waals surface area contributed by atoms with Gasteiger partial charge in [-0.25, -0.2) is 19.2 Å². The average Bonchev–Trinajstić information content (AvgIpc) is 2.56. The monoisotopic (exact) mass is 317 g/mol. The second-order valence-corrected chi connectivity index (χ2v) is 5.57. The molecule has 6 nitrogen and oxygen atoms in total. The number of hydrogen-bond donors (Lipinski definition) is 2. The summed E-state index contributed by atoms with van der Waals surface area (Å²) >= 11 is 0. The molecule has 1 saturated heterocycles. The second kappa shape index (κ2) is 5.92. The van der Waals surface area contributed by atoms with Crippen molar-refractivity contribution in [3.8, 4) is 11.3 Å². The van der Waals surface area contributed by atoms with Gasteiger partial charge in [0.15, 0.2) is 5.60 Å². The molecule has 3 rings (SSSR count). The van der Waals surface area contributed by atoms with Gasteiger partial charge in [0.05, 0.1) is 5.69 Å². The minimum atomic E-state index is -1.68. The lowest BCUT2D eigenvalue weighted by molar-refractivity contribution is -0.160. The number of aliphatic hydroxyl groups is 1. The number of halogens is 1. The van der Waals surface area contributed by atoms with E-state index in [0.29, 0.717) is 24.7 Å². The Morgan fingerprint density at radius 2 is 1.83 bits per heavy atom. The Morgan fingerprint density at radius 3 is 2.43 bits per heavy atom. The first-order valence-corrected chi connectivity index (χ1v) is 7.28. The first kappa shape index (κ1) is 15.4. The van der Waals surface area contributed by atoms with Gasteiger partial charge in [-0.15, -0.1) is 0 Å². The zero-order chi connectivity index (χ0) is 16.4. The molecule has 0 spiro atoms. The van der Waals surface area contributed by atoms with Crippen molar-refractivity contribution >= 4 is 11.9 Å². The number of aromatic nitrogens is 2. The third kappa shape index (κ3) is 3.14. The third-order valence-corrected chi connectivity index (χ3v) is 4.05. The van der Waals surface area contributed by atoms with Crippen LogP contribution in [0, 0.1) is 5.82 Å². The Balaban J connectivity index is 1.79. The normalized spacial score (nSPS) is 17.0. The summed E-state index contributed by atoms with van der Waals surface area (Å²) in [7, 11) is 0. The molecule has 2 N–H and O–H groups in total. The highest BCUT2D eigenvalue weighted by atomic mass is 19.1. The van der Waals surface area contributed by atoms with Crippen LogP contribution in [0.3, 0.4) is 0 Å². The van der Waals surface area contributed by atoms with Gasteiger partial charge in [0.25, 0.3) is 0 Å². The molecule has 1 fully saturated rings. The van der Waals surface area contributed by atoms with Crippen LogP contribution in [-0.2, 0) is 4.79 Å². The van der Waals surface area contributed by atoms with Crippen molar-refractivity contribution in [1.82, 2.24) is 9.97 Å². The molecule has 0 atom stereocenters. The largest absolute Gasteiger partial charge is 0.479 e. The first-order valence-electron chi connectivity index (χ1n) is 7.28. The summed E-state index contributed by atoms with van der Waals surface area (Å²) < 4.78 is 13.0. The van der Waals surface area contributed by atoms with Gasteiger partial charge in [-0.05, 0) is 30.3 Å². The summed E-state index contributed by atoms with van der Waals surface area (Å²) in [4.78, 5) is 21.6. The number of nitrogens with zero attached hydrogens (tertiary/aromatic N) is 3. The number of aliphatic carboxylic acids is 1. The van der Waals surface area contributed by atoms with E-state index in [0.717, 1.165) is 5.56 Å². The van der Waals surface area contributed by atoms with Gasteiger partial charge in [0, 0.05) is 37.7 Å². The van der Waals surface area contributed by atoms with Crippen LogP contribution in [0.15, 0.2) is 36.5 Å². The molecule has 23 heavy (non-hydrogen) atoms. The topological polar surface area (TPSA) is 86.5 Å². The Labute approximate surface area is 132 Å². The zero-order valence-corrected chi connectivity index (χ0v) is 12.3. The molecule has 1 aromatic heterocycles. The molecule has 0 bridgehead atoms. The number of piperidine rings is 1. The molecule has 0 radical (unpaired) electrons. The molecule has 0 amide bonds. The summed E-state index contributed by atoms with van der Waals surface area (Å²) in [5.74, 6) is -1.04. The van der Waals surface area contributed by atoms with Crippen LogP contribution in [-0.4, -0.2) is 44.8 Å². The second-order valence-electron chi connectivity index (χ2n) is 5.57. The van der Waals surface area contributed by atoms with Crippen LogP contribution >= 0.6 is 0 Å². The van der Waals surface area contributed by atoms with Crippen molar-refractivity contribution in [2.75, 3.05) is 18.0 Å². The number of hydrogen-bond acceptors (Lipinski definition) is 5. The molecule has 0 unspecified atom stereocenters. The molecule has 7 heteroatoms. The number of anilines is 1. The predicted molar refractivity (Wildman–Crippen MR) is 81.5 cm³/mol. The SMILES string of the molecule is O=C(O)C1(O)CCN(c2nccc(-c3ccc(F)cc3)n2)CC1. The lowest BCUT2D eigenvalue weighted by Crippen LogP contribution is -2.49. The van der Waals surface area contributed by atoms with Gasteiger partial charge in [-0.3, -0.25) is 0 Å². The maximum atomic E-state index is 13.0. The van der Waals surface area contributed by atoms with E-state index in [2.05, 4.69) is 9.97 Å². The van der Waals surface area contributed by atoms with E-state index in [4.69, 9.17) is 5.11 Å². The molecule has 2 aromatic rings. The number of carboxylic acid groups (broad SMARTS) is 1. The molecule has 0 saturated carbocycles. The standard InChI is InChI=1S/C16H16FN3O3/c17-12-3-1-11(2-4-12)13-5-8-18-15(19-13)20-9-6-16(23,7-10-20)14(21)22/h1-5,8,23H,6-7,9-10H2,(H,21,22). The van der Waals surface area contributed by atoms with Crippen molar-refractivity contribution in [2.45, 2.75) is 18.4 Å². The van der Waals surface area contributed by atoms with E-state index >= 15 is 0 Å². The quantitative estimate of drug-likeness (QED) is 0.896. The van der Waals surface area contributed by atoms with E-state index in [1.54, 1.807) is 24.4 Å². The van der Waals surface area contributed by atoms with Crippen molar-refractivity contribution < 1.29 is 19.4 Å². The predicted octanol–water partition coefficient (Wildman–Crippen LogP) is 1.70. The zero-order valence-electron chi connectivity index (χ0n) is 12.3. The minimum Gasteiger partial charge on any atom is -0.479 e. The van der Waals surface area contributed by atoms with Gasteiger partial charge in [-0.1, -0.05) is 0 Å². The van der Waals surface area contributed by atoms with E-state index in [-0.39, 0.29) is 18.7 Å². The summed E-state index contributed by atoms with van der Waals surface area (Å²) in [5, 5.41) is 19.0. The van der Waals surface area contributed by atoms with Crippen LogP contribution < -0.4 is 4.90 Å². The molecular formula is C16H16FN3O3. The van der Waals surface area contributed by atoms with Crippen LogP contribution in [0.4, 0.5) is 10.3 Å². The highest BCUT2D eigenvalue weighted by molar-refractivity contribution is 5.77. The molecule has 1 aliphatic rings. The summed E-state index contributed by atoms with van der Waals surface area (Å²) in [5.41, 5.74) is -0.242. The average molecular weight is 317 g/mol. The smallest absolute Gasteiger partial charge is 0.335 e. The van der Waals surface area contributed by atoms with Crippen LogP contribution in [0.25, 0.3) is 11.3 Å². The fourth-order valence-electron chi connectivity index (χ4n) is 2.57. The van der Waals surface area contributed by atoms with E-state index in [9.17, 15) is 14.3 Å². The molecule has 2 heterocycles.